The van der Waals surface area contributed by atoms with Gasteiger partial charge in [0, 0.05) is 25.0 Å². The fourth-order valence-corrected chi connectivity index (χ4v) is 1.69. The molecule has 0 radical (unpaired) electrons. The Bertz CT molecular complexity index is 197. The molecule has 0 aromatic rings. The third-order valence-corrected chi connectivity index (χ3v) is 3.17. The number of likely N-dealkylation sites (tertiary alicyclic amines) is 1. The monoisotopic (exact) mass is 198 g/mol. The molecule has 14 heavy (non-hydrogen) atoms. The highest BCUT2D eigenvalue weighted by Crippen LogP contribution is 2.18. The molecule has 0 amide bonds. The van der Waals surface area contributed by atoms with E-state index < -0.39 is 0 Å². The molecule has 0 saturated carbocycles. The van der Waals surface area contributed by atoms with Crippen molar-refractivity contribution >= 4 is 5.78 Å². The highest BCUT2D eigenvalue weighted by Gasteiger charge is 2.31. The van der Waals surface area contributed by atoms with Crippen LogP contribution in [0.1, 0.15) is 20.8 Å². The number of hydrogen-bond donors (Lipinski definition) is 1. The zero-order valence-electron chi connectivity index (χ0n) is 9.71. The Morgan fingerprint density at radius 2 is 2.00 bits per heavy atom. The Kier molecular flexibility index (Phi) is 4.08. The second-order valence-electron chi connectivity index (χ2n) is 4.65. The number of Topliss-reactive ketones (excluding diaryl/α,β-unsaturated/α-hetero) is 1. The summed E-state index contributed by atoms with van der Waals surface area (Å²) in [7, 11) is 1.99. The van der Waals surface area contributed by atoms with Crippen LogP contribution < -0.4 is 5.32 Å². The molecule has 3 nitrogen and oxygen atoms in total. The summed E-state index contributed by atoms with van der Waals surface area (Å²) in [5.74, 6) is 1.26. The van der Waals surface area contributed by atoms with Crippen LogP contribution in [0.5, 0.6) is 0 Å². The highest BCUT2D eigenvalue weighted by atomic mass is 16.1. The molecule has 0 aliphatic carbocycles. The predicted molar refractivity (Wildman–Crippen MR) is 58.3 cm³/mol. The van der Waals surface area contributed by atoms with E-state index >= 15 is 0 Å². The first kappa shape index (κ1) is 11.7. The average molecular weight is 198 g/mol. The minimum Gasteiger partial charge on any atom is -0.317 e. The summed E-state index contributed by atoms with van der Waals surface area (Å²) < 4.78 is 0. The number of ketones is 1. The van der Waals surface area contributed by atoms with E-state index in [-0.39, 0.29) is 5.92 Å². The van der Waals surface area contributed by atoms with Crippen LogP contribution in [0.2, 0.25) is 0 Å². The van der Waals surface area contributed by atoms with Crippen molar-refractivity contribution in [3.8, 4) is 0 Å². The van der Waals surface area contributed by atoms with Gasteiger partial charge in [-0.3, -0.25) is 9.69 Å². The van der Waals surface area contributed by atoms with E-state index in [1.54, 1.807) is 0 Å². The number of carbonyl (C=O) groups is 1. The summed E-state index contributed by atoms with van der Waals surface area (Å²) in [6, 6.07) is 0.570. The molecule has 1 heterocycles. The molecular formula is C11H22N2O. The molecular weight excluding hydrogens is 176 g/mol. The van der Waals surface area contributed by atoms with Gasteiger partial charge in [-0.05, 0) is 19.9 Å². The van der Waals surface area contributed by atoms with Gasteiger partial charge in [-0.15, -0.1) is 0 Å². The van der Waals surface area contributed by atoms with Crippen molar-refractivity contribution in [2.45, 2.75) is 26.8 Å². The van der Waals surface area contributed by atoms with E-state index in [9.17, 15) is 4.79 Å². The lowest BCUT2D eigenvalue weighted by atomic mass is 9.92. The molecule has 82 valence electrons. The highest BCUT2D eigenvalue weighted by molar-refractivity contribution is 5.82. The molecule has 0 bridgehead atoms. The maximum atomic E-state index is 11.4. The van der Waals surface area contributed by atoms with Crippen molar-refractivity contribution in [2.75, 3.05) is 26.7 Å². The molecule has 1 aliphatic rings. The van der Waals surface area contributed by atoms with E-state index in [0.29, 0.717) is 18.4 Å². The first-order valence-corrected chi connectivity index (χ1v) is 5.47. The fourth-order valence-electron chi connectivity index (χ4n) is 1.69. The van der Waals surface area contributed by atoms with Crippen molar-refractivity contribution < 1.29 is 4.79 Å². The number of hydrogen-bond acceptors (Lipinski definition) is 3. The van der Waals surface area contributed by atoms with Gasteiger partial charge < -0.3 is 5.32 Å². The Balaban J connectivity index is 2.19. The molecule has 0 aromatic heterocycles. The van der Waals surface area contributed by atoms with Gasteiger partial charge in [-0.25, -0.2) is 0 Å². The minimum atomic E-state index is 0.177. The number of rotatable bonds is 5. The third kappa shape index (κ3) is 2.79. The topological polar surface area (TPSA) is 32.3 Å². The second kappa shape index (κ2) is 4.89. The minimum absolute atomic E-state index is 0.177. The molecule has 0 spiro atoms. The summed E-state index contributed by atoms with van der Waals surface area (Å²) in [4.78, 5) is 13.7. The molecule has 1 rings (SSSR count). The molecule has 1 saturated heterocycles. The maximum Gasteiger partial charge on any atom is 0.149 e. The standard InChI is InChI=1S/C11H22N2O/c1-8(2)11(14)7-13-5-10(6-13)9(3)12-4/h8-10,12H,5-7H2,1-4H3. The molecule has 1 atom stereocenters. The second-order valence-corrected chi connectivity index (χ2v) is 4.65. The van der Waals surface area contributed by atoms with Crippen LogP contribution >= 0.6 is 0 Å². The van der Waals surface area contributed by atoms with Crippen LogP contribution in [0, 0.1) is 11.8 Å². The van der Waals surface area contributed by atoms with Crippen LogP contribution in [-0.2, 0) is 4.79 Å². The largest absolute Gasteiger partial charge is 0.317 e. The van der Waals surface area contributed by atoms with Crippen molar-refractivity contribution in [1.29, 1.82) is 0 Å². The van der Waals surface area contributed by atoms with E-state index in [1.807, 2.05) is 20.9 Å². The summed E-state index contributed by atoms with van der Waals surface area (Å²) >= 11 is 0. The molecule has 3 heteroatoms. The van der Waals surface area contributed by atoms with Gasteiger partial charge in [0.15, 0.2) is 0 Å². The van der Waals surface area contributed by atoms with Crippen molar-refractivity contribution in [1.82, 2.24) is 10.2 Å². The SMILES string of the molecule is CNC(C)C1CN(CC(=O)C(C)C)C1. The molecule has 0 aromatic carbocycles. The zero-order chi connectivity index (χ0) is 10.7. The van der Waals surface area contributed by atoms with Crippen molar-refractivity contribution in [3.63, 3.8) is 0 Å². The Morgan fingerprint density at radius 3 is 2.43 bits per heavy atom. The normalized spacial score (nSPS) is 20.9. The molecule has 1 N–H and O–H groups in total. The lowest BCUT2D eigenvalue weighted by Gasteiger charge is -2.42. The molecule has 1 fully saturated rings. The quantitative estimate of drug-likeness (QED) is 0.707. The zero-order valence-corrected chi connectivity index (χ0v) is 9.71. The molecule has 1 unspecified atom stereocenters. The summed E-state index contributed by atoms with van der Waals surface area (Å²) in [6.07, 6.45) is 0. The van der Waals surface area contributed by atoms with Gasteiger partial charge in [0.05, 0.1) is 6.54 Å². The first-order chi connectivity index (χ1) is 6.54. The van der Waals surface area contributed by atoms with Gasteiger partial charge in [0.25, 0.3) is 0 Å². The van der Waals surface area contributed by atoms with Crippen LogP contribution in [0.4, 0.5) is 0 Å². The van der Waals surface area contributed by atoms with Gasteiger partial charge in [-0.1, -0.05) is 13.8 Å². The van der Waals surface area contributed by atoms with E-state index in [4.69, 9.17) is 0 Å². The molecule has 1 aliphatic heterocycles. The Labute approximate surface area is 86.9 Å². The summed E-state index contributed by atoms with van der Waals surface area (Å²) in [6.45, 7) is 8.92. The number of carbonyl (C=O) groups excluding carboxylic acids is 1. The van der Waals surface area contributed by atoms with E-state index in [1.165, 1.54) is 0 Å². The van der Waals surface area contributed by atoms with Gasteiger partial charge >= 0.3 is 0 Å². The number of nitrogens with one attached hydrogen (secondary N) is 1. The van der Waals surface area contributed by atoms with Gasteiger partial charge in [0.2, 0.25) is 0 Å². The van der Waals surface area contributed by atoms with E-state index in [2.05, 4.69) is 17.1 Å². The van der Waals surface area contributed by atoms with E-state index in [0.717, 1.165) is 19.0 Å². The van der Waals surface area contributed by atoms with Gasteiger partial charge in [-0.2, -0.15) is 0 Å². The maximum absolute atomic E-state index is 11.4. The Morgan fingerprint density at radius 1 is 1.43 bits per heavy atom. The lowest BCUT2D eigenvalue weighted by molar-refractivity contribution is -0.124. The van der Waals surface area contributed by atoms with Gasteiger partial charge in [0.1, 0.15) is 5.78 Å². The average Bonchev–Trinajstić information content (AvgIpc) is 2.08. The van der Waals surface area contributed by atoms with Crippen LogP contribution in [0.3, 0.4) is 0 Å². The van der Waals surface area contributed by atoms with Crippen molar-refractivity contribution in [3.05, 3.63) is 0 Å². The van der Waals surface area contributed by atoms with Crippen LogP contribution in [-0.4, -0.2) is 43.4 Å². The number of nitrogens with zero attached hydrogens (tertiary/aromatic N) is 1. The predicted octanol–water partition coefficient (Wildman–Crippen LogP) is 0.751. The lowest BCUT2D eigenvalue weighted by Crippen LogP contribution is -2.55. The van der Waals surface area contributed by atoms with Crippen LogP contribution in [0.15, 0.2) is 0 Å². The smallest absolute Gasteiger partial charge is 0.149 e. The first-order valence-electron chi connectivity index (χ1n) is 5.47. The Hall–Kier alpha value is -0.410. The van der Waals surface area contributed by atoms with Crippen molar-refractivity contribution in [2.24, 2.45) is 11.8 Å². The summed E-state index contributed by atoms with van der Waals surface area (Å²) in [5, 5.41) is 3.25. The summed E-state index contributed by atoms with van der Waals surface area (Å²) in [5.41, 5.74) is 0. The van der Waals surface area contributed by atoms with Crippen LogP contribution in [0.25, 0.3) is 0 Å². The third-order valence-electron chi connectivity index (χ3n) is 3.17. The fraction of sp³-hybridized carbons (Fsp3) is 0.909.